The van der Waals surface area contributed by atoms with Crippen LogP contribution in [0.25, 0.3) is 0 Å². The summed E-state index contributed by atoms with van der Waals surface area (Å²) in [6, 6.07) is 7.62. The molecule has 3 rings (SSSR count). The Labute approximate surface area is 126 Å². The highest BCUT2D eigenvalue weighted by Gasteiger charge is 2.26. The lowest BCUT2D eigenvalue weighted by Crippen LogP contribution is -2.30. The minimum atomic E-state index is -3.87. The molecular formula is C14H20N2O3S2. The molecule has 0 aromatic heterocycles. The number of hydrogen-bond donors (Lipinski definition) is 1. The zero-order valence-corrected chi connectivity index (χ0v) is 13.5. The van der Waals surface area contributed by atoms with E-state index in [-0.39, 0.29) is 6.04 Å². The lowest BCUT2D eigenvalue weighted by atomic mass is 9.88. The fourth-order valence-corrected chi connectivity index (χ4v) is 7.41. The molecule has 1 aromatic rings. The Balaban J connectivity index is 1.86. The highest BCUT2D eigenvalue weighted by atomic mass is 32.3. The molecule has 21 heavy (non-hydrogen) atoms. The van der Waals surface area contributed by atoms with Crippen molar-refractivity contribution in [3.8, 4) is 0 Å². The third-order valence-electron chi connectivity index (χ3n) is 4.07. The van der Waals surface area contributed by atoms with Gasteiger partial charge < -0.3 is 0 Å². The van der Waals surface area contributed by atoms with Gasteiger partial charge in [0.1, 0.15) is 0 Å². The molecule has 1 aliphatic carbocycles. The van der Waals surface area contributed by atoms with Gasteiger partial charge in [-0.2, -0.15) is 13.1 Å². The molecule has 0 radical (unpaired) electrons. The molecule has 116 valence electrons. The van der Waals surface area contributed by atoms with E-state index in [1.54, 1.807) is 0 Å². The maximum atomic E-state index is 12.3. The molecule has 1 saturated heterocycles. The quantitative estimate of drug-likeness (QED) is 0.924. The van der Waals surface area contributed by atoms with Gasteiger partial charge in [0.05, 0.1) is 9.73 Å². The number of nitrogens with one attached hydrogen (secondary N) is 1. The van der Waals surface area contributed by atoms with Crippen molar-refractivity contribution in [2.24, 2.45) is 3.77 Å². The average molecular weight is 328 g/mol. The van der Waals surface area contributed by atoms with Gasteiger partial charge in [0.25, 0.3) is 0 Å². The second-order valence-corrected chi connectivity index (χ2v) is 9.84. The normalized spacial score (nSPS) is 24.5. The summed E-state index contributed by atoms with van der Waals surface area (Å²) >= 11 is 0. The molecule has 7 heteroatoms. The van der Waals surface area contributed by atoms with Crippen molar-refractivity contribution in [1.29, 1.82) is 0 Å². The van der Waals surface area contributed by atoms with Crippen LogP contribution in [0.3, 0.4) is 0 Å². The largest absolute Gasteiger partial charge is 0.328 e. The van der Waals surface area contributed by atoms with Gasteiger partial charge in [-0.1, -0.05) is 28.0 Å². The van der Waals surface area contributed by atoms with Gasteiger partial charge in [-0.05, 0) is 43.2 Å². The first-order valence-electron chi connectivity index (χ1n) is 7.31. The van der Waals surface area contributed by atoms with Crippen molar-refractivity contribution in [1.82, 2.24) is 4.72 Å². The van der Waals surface area contributed by atoms with E-state index in [0.29, 0.717) is 11.5 Å². The van der Waals surface area contributed by atoms with Crippen molar-refractivity contribution < 1.29 is 12.6 Å². The van der Waals surface area contributed by atoms with Gasteiger partial charge in [-0.15, -0.1) is 0 Å². The minimum Gasteiger partial charge on any atom is -0.249 e. The van der Waals surface area contributed by atoms with Crippen LogP contribution in [0.1, 0.15) is 42.9 Å². The molecule has 0 saturated carbocycles. The Morgan fingerprint density at radius 3 is 2.62 bits per heavy atom. The van der Waals surface area contributed by atoms with E-state index in [1.165, 1.54) is 5.56 Å². The Morgan fingerprint density at radius 1 is 1.14 bits per heavy atom. The molecule has 1 aliphatic heterocycles. The van der Waals surface area contributed by atoms with Gasteiger partial charge >= 0.3 is 10.2 Å². The summed E-state index contributed by atoms with van der Waals surface area (Å²) < 4.78 is 43.1. The Hall–Kier alpha value is -0.920. The van der Waals surface area contributed by atoms with Crippen molar-refractivity contribution in [3.05, 3.63) is 35.4 Å². The summed E-state index contributed by atoms with van der Waals surface area (Å²) in [5.41, 5.74) is 2.20. The predicted octanol–water partition coefficient (Wildman–Crippen LogP) is 2.16. The van der Waals surface area contributed by atoms with Gasteiger partial charge in [0.15, 0.2) is 0 Å². The molecule has 0 spiro atoms. The first kappa shape index (κ1) is 15.0. The first-order chi connectivity index (χ1) is 9.98. The second-order valence-electron chi connectivity index (χ2n) is 5.70. The smallest absolute Gasteiger partial charge is 0.249 e. The zero-order chi connectivity index (χ0) is 14.9. The van der Waals surface area contributed by atoms with Crippen LogP contribution in [0, 0.1) is 0 Å². The number of fused-ring (bicyclic) bond motifs is 1. The first-order valence-corrected chi connectivity index (χ1v) is 10.6. The molecule has 1 N–H and O–H groups in total. The van der Waals surface area contributed by atoms with Crippen molar-refractivity contribution in [2.45, 2.75) is 38.1 Å². The number of hydrogen-bond acceptors (Lipinski definition) is 3. The molecule has 1 atom stereocenters. The van der Waals surface area contributed by atoms with Crippen LogP contribution in [0.5, 0.6) is 0 Å². The number of nitrogens with zero attached hydrogens (tertiary/aromatic N) is 1. The molecule has 1 fully saturated rings. The van der Waals surface area contributed by atoms with Crippen LogP contribution in [0.15, 0.2) is 28.0 Å². The summed E-state index contributed by atoms with van der Waals surface area (Å²) in [5, 5.41) is 0. The summed E-state index contributed by atoms with van der Waals surface area (Å²) in [7, 11) is -6.43. The summed E-state index contributed by atoms with van der Waals surface area (Å²) in [6.45, 7) is 0. The van der Waals surface area contributed by atoms with Crippen LogP contribution in [-0.4, -0.2) is 24.1 Å². The van der Waals surface area contributed by atoms with Gasteiger partial charge in [-0.25, -0.2) is 4.21 Å². The summed E-state index contributed by atoms with van der Waals surface area (Å²) in [4.78, 5) is 0. The monoisotopic (exact) mass is 328 g/mol. The van der Waals surface area contributed by atoms with Crippen molar-refractivity contribution in [3.63, 3.8) is 0 Å². The molecule has 0 amide bonds. The van der Waals surface area contributed by atoms with E-state index < -0.39 is 19.9 Å². The molecule has 1 aromatic carbocycles. The Morgan fingerprint density at radius 2 is 1.86 bits per heavy atom. The molecule has 5 nitrogen and oxygen atoms in total. The second kappa shape index (κ2) is 5.70. The maximum Gasteiger partial charge on any atom is 0.328 e. The number of benzene rings is 1. The number of rotatable bonds is 3. The average Bonchev–Trinajstić information content (AvgIpc) is 2.84. The highest BCUT2D eigenvalue weighted by molar-refractivity contribution is 8.02. The fraction of sp³-hybridized carbons (Fsp3) is 0.571. The van der Waals surface area contributed by atoms with E-state index in [9.17, 15) is 12.6 Å². The van der Waals surface area contributed by atoms with E-state index in [0.717, 1.165) is 37.7 Å². The SMILES string of the molecule is O=S(=O)(N=S1(=O)CCCC1)NC1CCCc2ccccc21. The van der Waals surface area contributed by atoms with Crippen LogP contribution < -0.4 is 4.72 Å². The molecule has 2 aliphatic rings. The maximum absolute atomic E-state index is 12.3. The molecule has 1 unspecified atom stereocenters. The van der Waals surface area contributed by atoms with E-state index >= 15 is 0 Å². The molecular weight excluding hydrogens is 308 g/mol. The van der Waals surface area contributed by atoms with Crippen LogP contribution in [0.4, 0.5) is 0 Å². The summed E-state index contributed by atoms with van der Waals surface area (Å²) in [5.74, 6) is 0.796. The van der Waals surface area contributed by atoms with Crippen LogP contribution in [-0.2, 0) is 26.4 Å². The van der Waals surface area contributed by atoms with Crippen LogP contribution >= 0.6 is 0 Å². The van der Waals surface area contributed by atoms with Gasteiger partial charge in [-0.3, -0.25) is 0 Å². The highest BCUT2D eigenvalue weighted by Crippen LogP contribution is 2.30. The molecule has 1 heterocycles. The van der Waals surface area contributed by atoms with Gasteiger partial charge in [0, 0.05) is 17.5 Å². The Kier molecular flexibility index (Phi) is 4.07. The van der Waals surface area contributed by atoms with Crippen molar-refractivity contribution >= 4 is 19.9 Å². The third kappa shape index (κ3) is 3.46. The Bertz CT molecular complexity index is 737. The van der Waals surface area contributed by atoms with E-state index in [1.807, 2.05) is 24.3 Å². The molecule has 0 bridgehead atoms. The van der Waals surface area contributed by atoms with Gasteiger partial charge in [0.2, 0.25) is 0 Å². The fourth-order valence-electron chi connectivity index (χ4n) is 3.09. The minimum absolute atomic E-state index is 0.256. The lowest BCUT2D eigenvalue weighted by molar-refractivity contribution is 0.508. The standard InChI is InChI=1S/C14H20N2O3S2/c17-20(10-3-4-11-20)16-21(18,19)15-14-9-5-7-12-6-1-2-8-13(12)14/h1-2,6,8,14-15H,3-5,7,9-11H2. The van der Waals surface area contributed by atoms with Crippen LogP contribution in [0.2, 0.25) is 0 Å². The van der Waals surface area contributed by atoms with E-state index in [4.69, 9.17) is 0 Å². The third-order valence-corrected chi connectivity index (χ3v) is 8.38. The van der Waals surface area contributed by atoms with Crippen molar-refractivity contribution in [2.75, 3.05) is 11.5 Å². The van der Waals surface area contributed by atoms with E-state index in [2.05, 4.69) is 8.49 Å². The lowest BCUT2D eigenvalue weighted by Gasteiger charge is -2.25. The topological polar surface area (TPSA) is 75.6 Å². The predicted molar refractivity (Wildman–Crippen MR) is 83.7 cm³/mol. The summed E-state index contributed by atoms with van der Waals surface area (Å²) in [6.07, 6.45) is 4.27. The zero-order valence-electron chi connectivity index (χ0n) is 11.8. The number of aryl methyl sites for hydroxylation is 1.